The second-order valence-corrected chi connectivity index (χ2v) is 6.11. The first-order chi connectivity index (χ1) is 10.1. The van der Waals surface area contributed by atoms with Crippen molar-refractivity contribution in [2.75, 3.05) is 5.75 Å². The zero-order valence-corrected chi connectivity index (χ0v) is 13.4. The van der Waals surface area contributed by atoms with Gasteiger partial charge in [0.15, 0.2) is 5.16 Å². The first-order valence-electron chi connectivity index (χ1n) is 6.91. The summed E-state index contributed by atoms with van der Waals surface area (Å²) in [6, 6.07) is 8.41. The van der Waals surface area contributed by atoms with E-state index in [2.05, 4.69) is 35.4 Å². The van der Waals surface area contributed by atoms with Gasteiger partial charge in [0.2, 0.25) is 5.91 Å². The van der Waals surface area contributed by atoms with E-state index < -0.39 is 0 Å². The molecule has 21 heavy (non-hydrogen) atoms. The van der Waals surface area contributed by atoms with Gasteiger partial charge in [0.1, 0.15) is 6.33 Å². The van der Waals surface area contributed by atoms with E-state index in [9.17, 15) is 4.79 Å². The number of benzene rings is 1. The molecule has 0 aliphatic carbocycles. The number of aromatic nitrogens is 3. The first-order valence-corrected chi connectivity index (χ1v) is 7.89. The van der Waals surface area contributed by atoms with Gasteiger partial charge in [0.25, 0.3) is 0 Å². The Kier molecular flexibility index (Phi) is 5.38. The second-order valence-electron chi connectivity index (χ2n) is 5.17. The number of amides is 1. The van der Waals surface area contributed by atoms with E-state index in [1.54, 1.807) is 6.33 Å². The van der Waals surface area contributed by atoms with Gasteiger partial charge in [-0.05, 0) is 26.3 Å². The molecule has 1 aromatic heterocycles. The van der Waals surface area contributed by atoms with E-state index in [0.29, 0.717) is 12.3 Å². The van der Waals surface area contributed by atoms with Crippen molar-refractivity contribution in [3.63, 3.8) is 0 Å². The number of nitrogens with one attached hydrogen (secondary N) is 1. The lowest BCUT2D eigenvalue weighted by Crippen LogP contribution is -2.24. The maximum Gasteiger partial charge on any atom is 0.230 e. The Bertz CT molecular complexity index is 609. The lowest BCUT2D eigenvalue weighted by molar-refractivity contribution is -0.118. The third-order valence-corrected chi connectivity index (χ3v) is 3.96. The highest BCUT2D eigenvalue weighted by Crippen LogP contribution is 2.18. The highest BCUT2D eigenvalue weighted by Gasteiger charge is 2.10. The number of hydrogen-bond acceptors (Lipinski definition) is 4. The number of aryl methyl sites for hydroxylation is 1. The van der Waals surface area contributed by atoms with Crippen molar-refractivity contribution >= 4 is 17.7 Å². The normalized spacial score (nSPS) is 10.9. The third kappa shape index (κ3) is 4.60. The lowest BCUT2D eigenvalue weighted by Gasteiger charge is -2.09. The Morgan fingerprint density at radius 2 is 2.24 bits per heavy atom. The topological polar surface area (TPSA) is 59.8 Å². The molecule has 2 aromatic rings. The minimum atomic E-state index is -0.000174. The van der Waals surface area contributed by atoms with Gasteiger partial charge in [0, 0.05) is 12.6 Å². The van der Waals surface area contributed by atoms with Crippen LogP contribution in [0.15, 0.2) is 35.7 Å². The molecule has 0 fully saturated rings. The molecule has 0 radical (unpaired) electrons. The fourth-order valence-electron chi connectivity index (χ4n) is 1.89. The van der Waals surface area contributed by atoms with Crippen LogP contribution in [0.2, 0.25) is 0 Å². The standard InChI is InChI=1S/C15H20N4OS/c1-11(2)19-10-17-18-15(19)21-9-14(20)16-8-13-6-4-5-12(3)7-13/h4-7,10-11H,8-9H2,1-3H3,(H,16,20). The molecular weight excluding hydrogens is 284 g/mol. The highest BCUT2D eigenvalue weighted by atomic mass is 32.2. The van der Waals surface area contributed by atoms with Crippen LogP contribution < -0.4 is 5.32 Å². The number of hydrogen-bond donors (Lipinski definition) is 1. The molecule has 0 aliphatic rings. The molecule has 0 spiro atoms. The first kappa shape index (κ1) is 15.6. The van der Waals surface area contributed by atoms with Crippen molar-refractivity contribution < 1.29 is 4.79 Å². The predicted octanol–water partition coefficient (Wildman–Crippen LogP) is 2.58. The Morgan fingerprint density at radius 1 is 1.43 bits per heavy atom. The van der Waals surface area contributed by atoms with Crippen molar-refractivity contribution in [1.29, 1.82) is 0 Å². The molecule has 112 valence electrons. The molecule has 1 amide bonds. The molecule has 5 nitrogen and oxygen atoms in total. The summed E-state index contributed by atoms with van der Waals surface area (Å²) in [5.74, 6) is 0.344. The molecule has 0 aliphatic heterocycles. The van der Waals surface area contributed by atoms with Crippen LogP contribution in [0, 0.1) is 6.92 Å². The molecular formula is C15H20N4OS. The van der Waals surface area contributed by atoms with E-state index in [0.717, 1.165) is 10.7 Å². The molecule has 1 heterocycles. The maximum absolute atomic E-state index is 11.9. The lowest BCUT2D eigenvalue weighted by atomic mass is 10.1. The van der Waals surface area contributed by atoms with Crippen molar-refractivity contribution in [1.82, 2.24) is 20.1 Å². The van der Waals surface area contributed by atoms with Crippen molar-refractivity contribution in [3.05, 3.63) is 41.7 Å². The van der Waals surface area contributed by atoms with Crippen LogP contribution in [0.3, 0.4) is 0 Å². The maximum atomic E-state index is 11.9. The summed E-state index contributed by atoms with van der Waals surface area (Å²) in [5.41, 5.74) is 2.31. The molecule has 0 saturated carbocycles. The molecule has 1 aromatic carbocycles. The van der Waals surface area contributed by atoms with Gasteiger partial charge in [0.05, 0.1) is 5.75 Å². The zero-order chi connectivity index (χ0) is 15.2. The van der Waals surface area contributed by atoms with Crippen molar-refractivity contribution in [2.24, 2.45) is 0 Å². The molecule has 1 N–H and O–H groups in total. The Hall–Kier alpha value is -1.82. The summed E-state index contributed by atoms with van der Waals surface area (Å²) < 4.78 is 1.96. The van der Waals surface area contributed by atoms with Crippen molar-refractivity contribution in [2.45, 2.75) is 38.5 Å². The number of thioether (sulfide) groups is 1. The molecule has 0 atom stereocenters. The average molecular weight is 304 g/mol. The quantitative estimate of drug-likeness (QED) is 0.833. The second kappa shape index (κ2) is 7.26. The Balaban J connectivity index is 1.81. The SMILES string of the molecule is Cc1cccc(CNC(=O)CSc2nncn2C(C)C)c1. The van der Waals surface area contributed by atoms with Gasteiger partial charge in [-0.15, -0.1) is 10.2 Å². The largest absolute Gasteiger partial charge is 0.351 e. The van der Waals surface area contributed by atoms with Crippen LogP contribution in [0.1, 0.15) is 31.0 Å². The summed E-state index contributed by atoms with van der Waals surface area (Å²) in [4.78, 5) is 11.9. The Morgan fingerprint density at radius 3 is 2.95 bits per heavy atom. The van der Waals surface area contributed by atoms with Gasteiger partial charge >= 0.3 is 0 Å². The summed E-state index contributed by atoms with van der Waals surface area (Å²) >= 11 is 1.41. The van der Waals surface area contributed by atoms with Crippen LogP contribution in [0.4, 0.5) is 0 Å². The monoisotopic (exact) mass is 304 g/mol. The minimum absolute atomic E-state index is 0.000174. The number of carbonyl (C=O) groups is 1. The van der Waals surface area contributed by atoms with E-state index in [1.807, 2.05) is 29.7 Å². The predicted molar refractivity (Wildman–Crippen MR) is 84.2 cm³/mol. The van der Waals surface area contributed by atoms with Crippen LogP contribution >= 0.6 is 11.8 Å². The van der Waals surface area contributed by atoms with Gasteiger partial charge in [-0.2, -0.15) is 0 Å². The summed E-state index contributed by atoms with van der Waals surface area (Å²) in [6.07, 6.45) is 1.69. The molecule has 6 heteroatoms. The van der Waals surface area contributed by atoms with Gasteiger partial charge < -0.3 is 9.88 Å². The Labute approximate surface area is 129 Å². The summed E-state index contributed by atoms with van der Waals surface area (Å²) in [5, 5.41) is 11.6. The van der Waals surface area contributed by atoms with Gasteiger partial charge in [-0.1, -0.05) is 41.6 Å². The fourth-order valence-corrected chi connectivity index (χ4v) is 2.77. The minimum Gasteiger partial charge on any atom is -0.351 e. The van der Waals surface area contributed by atoms with E-state index >= 15 is 0 Å². The number of rotatable bonds is 6. The van der Waals surface area contributed by atoms with E-state index in [-0.39, 0.29) is 11.9 Å². The van der Waals surface area contributed by atoms with E-state index in [4.69, 9.17) is 0 Å². The van der Waals surface area contributed by atoms with E-state index in [1.165, 1.54) is 17.3 Å². The van der Waals surface area contributed by atoms with Crippen LogP contribution in [-0.4, -0.2) is 26.4 Å². The molecule has 0 unspecified atom stereocenters. The van der Waals surface area contributed by atoms with Gasteiger partial charge in [-0.25, -0.2) is 0 Å². The molecule has 0 bridgehead atoms. The zero-order valence-electron chi connectivity index (χ0n) is 12.5. The molecule has 0 saturated heterocycles. The fraction of sp³-hybridized carbons (Fsp3) is 0.400. The van der Waals surface area contributed by atoms with Crippen LogP contribution in [0.5, 0.6) is 0 Å². The average Bonchev–Trinajstić information content (AvgIpc) is 2.91. The van der Waals surface area contributed by atoms with Crippen LogP contribution in [0.25, 0.3) is 0 Å². The number of nitrogens with zero attached hydrogens (tertiary/aromatic N) is 3. The van der Waals surface area contributed by atoms with Crippen molar-refractivity contribution in [3.8, 4) is 0 Å². The highest BCUT2D eigenvalue weighted by molar-refractivity contribution is 7.99. The third-order valence-electron chi connectivity index (χ3n) is 3.00. The summed E-state index contributed by atoms with van der Waals surface area (Å²) in [7, 11) is 0. The van der Waals surface area contributed by atoms with Gasteiger partial charge in [-0.3, -0.25) is 4.79 Å². The molecule has 2 rings (SSSR count). The summed E-state index contributed by atoms with van der Waals surface area (Å²) in [6.45, 7) is 6.72. The number of carbonyl (C=O) groups excluding carboxylic acids is 1. The van der Waals surface area contributed by atoms with Crippen LogP contribution in [-0.2, 0) is 11.3 Å². The smallest absolute Gasteiger partial charge is 0.230 e.